The fourth-order valence-electron chi connectivity index (χ4n) is 2.87. The molecule has 3 atom stereocenters. The Kier molecular flexibility index (Phi) is 14.5. The van der Waals surface area contributed by atoms with E-state index >= 15 is 0 Å². The maximum Gasteiger partial charge on any atom is 0.323 e. The number of esters is 4. The zero-order valence-corrected chi connectivity index (χ0v) is 20.6. The van der Waals surface area contributed by atoms with E-state index in [1.54, 1.807) is 20.8 Å². The summed E-state index contributed by atoms with van der Waals surface area (Å²) in [4.78, 5) is 47.4. The number of hydrogen-bond acceptors (Lipinski definition) is 11. The summed E-state index contributed by atoms with van der Waals surface area (Å²) in [7, 11) is 0. The molecule has 192 valence electrons. The molecule has 0 aliphatic carbocycles. The van der Waals surface area contributed by atoms with Gasteiger partial charge in [0.1, 0.15) is 37.1 Å². The van der Waals surface area contributed by atoms with Crippen molar-refractivity contribution in [2.24, 2.45) is 5.73 Å². The van der Waals surface area contributed by atoms with Gasteiger partial charge in [-0.2, -0.15) is 0 Å². The van der Waals surface area contributed by atoms with Crippen molar-refractivity contribution in [3.8, 4) is 0 Å². The van der Waals surface area contributed by atoms with Gasteiger partial charge in [-0.05, 0) is 40.2 Å². The van der Waals surface area contributed by atoms with Crippen LogP contribution >= 0.6 is 0 Å². The summed E-state index contributed by atoms with van der Waals surface area (Å²) in [6.07, 6.45) is -0.0588. The van der Waals surface area contributed by atoms with Crippen molar-refractivity contribution in [3.63, 3.8) is 0 Å². The van der Waals surface area contributed by atoms with Crippen LogP contribution in [0, 0.1) is 0 Å². The topological polar surface area (TPSA) is 155 Å². The third kappa shape index (κ3) is 17.9. The monoisotopic (exact) mass is 476 g/mol. The van der Waals surface area contributed by atoms with Gasteiger partial charge in [-0.25, -0.2) is 0 Å². The molecule has 0 aromatic rings. The van der Waals surface area contributed by atoms with E-state index in [9.17, 15) is 24.3 Å². The molecule has 3 unspecified atom stereocenters. The molecule has 0 saturated carbocycles. The average molecular weight is 477 g/mol. The molecular weight excluding hydrogens is 436 g/mol. The Bertz CT molecular complexity index is 634. The Morgan fingerprint density at radius 1 is 0.909 bits per heavy atom. The summed E-state index contributed by atoms with van der Waals surface area (Å²) >= 11 is 0. The molecule has 0 aliphatic heterocycles. The van der Waals surface area contributed by atoms with Crippen molar-refractivity contribution < 1.29 is 43.2 Å². The molecule has 0 amide bonds. The number of aliphatic hydroxyl groups is 1. The first-order valence-electron chi connectivity index (χ1n) is 11.0. The zero-order valence-electron chi connectivity index (χ0n) is 20.6. The second-order valence-electron chi connectivity index (χ2n) is 8.89. The normalized spacial score (nSPS) is 14.2. The second-order valence-corrected chi connectivity index (χ2v) is 8.89. The van der Waals surface area contributed by atoms with Crippen LogP contribution in [0.4, 0.5) is 0 Å². The van der Waals surface area contributed by atoms with Crippen molar-refractivity contribution in [1.82, 2.24) is 4.90 Å². The van der Waals surface area contributed by atoms with E-state index < -0.39 is 47.7 Å². The summed E-state index contributed by atoms with van der Waals surface area (Å²) in [6.45, 7) is 9.52. The number of hydrogen-bond donors (Lipinski definition) is 2. The Morgan fingerprint density at radius 3 is 2.00 bits per heavy atom. The molecule has 0 saturated heterocycles. The highest BCUT2D eigenvalue weighted by molar-refractivity contribution is 5.75. The van der Waals surface area contributed by atoms with Gasteiger partial charge in [-0.1, -0.05) is 6.42 Å². The summed E-state index contributed by atoms with van der Waals surface area (Å²) in [5, 5.41) is 10.2. The molecule has 0 bridgehead atoms. The fourth-order valence-corrected chi connectivity index (χ4v) is 2.87. The summed E-state index contributed by atoms with van der Waals surface area (Å²) < 4.78 is 20.3. The quantitative estimate of drug-likeness (QED) is 0.193. The molecule has 11 nitrogen and oxygen atoms in total. The highest BCUT2D eigenvalue weighted by atomic mass is 16.6. The van der Waals surface area contributed by atoms with Crippen LogP contribution in [0.5, 0.6) is 0 Å². The lowest BCUT2D eigenvalue weighted by Gasteiger charge is -2.29. The van der Waals surface area contributed by atoms with Crippen molar-refractivity contribution in [2.75, 3.05) is 32.8 Å². The van der Waals surface area contributed by atoms with E-state index in [0.717, 1.165) is 0 Å². The zero-order chi connectivity index (χ0) is 25.6. The van der Waals surface area contributed by atoms with E-state index in [1.165, 1.54) is 20.8 Å². The molecular formula is C22H40N2O9. The number of nitrogens with zero attached hydrogens (tertiary/aromatic N) is 1. The van der Waals surface area contributed by atoms with Crippen molar-refractivity contribution >= 4 is 23.9 Å². The molecule has 0 fully saturated rings. The first-order valence-corrected chi connectivity index (χ1v) is 11.0. The van der Waals surface area contributed by atoms with Crippen molar-refractivity contribution in [3.05, 3.63) is 0 Å². The van der Waals surface area contributed by atoms with Gasteiger partial charge >= 0.3 is 23.9 Å². The summed E-state index contributed by atoms with van der Waals surface area (Å²) in [5.41, 5.74) is 5.30. The van der Waals surface area contributed by atoms with E-state index in [2.05, 4.69) is 0 Å². The minimum absolute atomic E-state index is 0.128. The summed E-state index contributed by atoms with van der Waals surface area (Å²) in [6, 6.07) is -0.745. The highest BCUT2D eigenvalue weighted by Crippen LogP contribution is 2.11. The number of aliphatic hydroxyl groups excluding tert-OH is 1. The third-order valence-corrected chi connectivity index (χ3v) is 4.16. The third-order valence-electron chi connectivity index (χ3n) is 4.16. The SMILES string of the molecule is CC(=O)OCC(O)CN(CCCCC(N)C(=O)OC(C)(C)C)CC(COC(C)=O)OC(C)=O. The minimum atomic E-state index is -0.968. The van der Waals surface area contributed by atoms with Crippen LogP contribution in [0.15, 0.2) is 0 Å². The smallest absolute Gasteiger partial charge is 0.323 e. The standard InChI is InChI=1S/C22H40N2O9/c1-15(25)30-13-18(28)11-24(12-19(32-17(3)27)14-31-16(2)26)10-8-7-9-20(23)21(29)33-22(4,5)6/h18-20,28H,7-14,23H2,1-6H3. The molecule has 0 rings (SSSR count). The first kappa shape index (κ1) is 30.8. The van der Waals surface area contributed by atoms with Gasteiger partial charge in [0.25, 0.3) is 0 Å². The van der Waals surface area contributed by atoms with E-state index in [0.29, 0.717) is 25.8 Å². The Hall–Kier alpha value is -2.24. The minimum Gasteiger partial charge on any atom is -0.463 e. The van der Waals surface area contributed by atoms with Crippen LogP contribution in [-0.4, -0.2) is 90.6 Å². The molecule has 33 heavy (non-hydrogen) atoms. The lowest BCUT2D eigenvalue weighted by molar-refractivity contribution is -0.157. The predicted molar refractivity (Wildman–Crippen MR) is 119 cm³/mol. The van der Waals surface area contributed by atoms with Crippen LogP contribution in [0.3, 0.4) is 0 Å². The van der Waals surface area contributed by atoms with Crippen molar-refractivity contribution in [1.29, 1.82) is 0 Å². The molecule has 0 spiro atoms. The number of unbranched alkanes of at least 4 members (excludes halogenated alkanes) is 1. The van der Waals surface area contributed by atoms with Crippen LogP contribution in [0.1, 0.15) is 60.8 Å². The van der Waals surface area contributed by atoms with E-state index in [1.807, 2.05) is 4.90 Å². The van der Waals surface area contributed by atoms with E-state index in [4.69, 9.17) is 24.7 Å². The van der Waals surface area contributed by atoms with Crippen LogP contribution < -0.4 is 5.73 Å². The molecule has 0 aliphatic rings. The number of ether oxygens (including phenoxy) is 4. The van der Waals surface area contributed by atoms with Gasteiger partial charge in [0, 0.05) is 33.9 Å². The highest BCUT2D eigenvalue weighted by Gasteiger charge is 2.23. The van der Waals surface area contributed by atoms with Gasteiger partial charge in [0.05, 0.1) is 0 Å². The Labute approximate surface area is 195 Å². The van der Waals surface area contributed by atoms with Crippen LogP contribution in [0.25, 0.3) is 0 Å². The number of carbonyl (C=O) groups excluding carboxylic acids is 4. The number of carbonyl (C=O) groups is 4. The maximum atomic E-state index is 12.0. The fraction of sp³-hybridized carbons (Fsp3) is 0.818. The number of rotatable bonds is 15. The molecule has 0 aromatic carbocycles. The largest absolute Gasteiger partial charge is 0.463 e. The van der Waals surface area contributed by atoms with Gasteiger partial charge in [0.2, 0.25) is 0 Å². The van der Waals surface area contributed by atoms with Gasteiger partial charge < -0.3 is 29.8 Å². The van der Waals surface area contributed by atoms with Gasteiger partial charge in [-0.3, -0.25) is 24.1 Å². The van der Waals surface area contributed by atoms with Crippen LogP contribution in [-0.2, 0) is 38.1 Å². The molecule has 0 heterocycles. The Balaban J connectivity index is 4.92. The number of nitrogens with two attached hydrogens (primary N) is 1. The maximum absolute atomic E-state index is 12.0. The molecule has 0 aromatic heterocycles. The van der Waals surface area contributed by atoms with Crippen LogP contribution in [0.2, 0.25) is 0 Å². The molecule has 11 heteroatoms. The summed E-state index contributed by atoms with van der Waals surface area (Å²) in [5.74, 6) is -2.02. The molecule has 0 radical (unpaired) electrons. The lowest BCUT2D eigenvalue weighted by atomic mass is 10.1. The predicted octanol–water partition coefficient (Wildman–Crippen LogP) is 0.547. The molecule has 3 N–H and O–H groups in total. The Morgan fingerprint density at radius 2 is 1.48 bits per heavy atom. The average Bonchev–Trinajstić information content (AvgIpc) is 2.65. The van der Waals surface area contributed by atoms with Gasteiger partial charge in [-0.15, -0.1) is 0 Å². The van der Waals surface area contributed by atoms with E-state index in [-0.39, 0.29) is 26.3 Å². The second kappa shape index (κ2) is 15.6. The van der Waals surface area contributed by atoms with Crippen molar-refractivity contribution in [2.45, 2.75) is 84.7 Å². The lowest BCUT2D eigenvalue weighted by Crippen LogP contribution is -2.43. The van der Waals surface area contributed by atoms with Gasteiger partial charge in [0.15, 0.2) is 0 Å². The first-order chi connectivity index (χ1) is 15.2.